The lowest BCUT2D eigenvalue weighted by molar-refractivity contribution is 0.103. The van der Waals surface area contributed by atoms with Crippen LogP contribution in [0.5, 0.6) is 0 Å². The van der Waals surface area contributed by atoms with Crippen molar-refractivity contribution in [3.05, 3.63) is 45.3 Å². The van der Waals surface area contributed by atoms with Crippen molar-refractivity contribution in [2.75, 3.05) is 11.9 Å². The molecule has 0 aliphatic rings. The zero-order chi connectivity index (χ0) is 14.5. The number of aliphatic hydroxyl groups excluding tert-OH is 1. The molecule has 20 heavy (non-hydrogen) atoms. The predicted octanol–water partition coefficient (Wildman–Crippen LogP) is 2.36. The predicted molar refractivity (Wildman–Crippen MR) is 79.9 cm³/mol. The minimum absolute atomic E-state index is 0.188. The number of thiophene rings is 1. The third kappa shape index (κ3) is 3.44. The van der Waals surface area contributed by atoms with Gasteiger partial charge in [0.1, 0.15) is 12.4 Å². The van der Waals surface area contributed by atoms with Gasteiger partial charge in [-0.25, -0.2) is 4.98 Å². The van der Waals surface area contributed by atoms with E-state index in [0.717, 1.165) is 16.0 Å². The molecule has 102 valence electrons. The minimum Gasteiger partial charge on any atom is -0.384 e. The fourth-order valence-electron chi connectivity index (χ4n) is 1.56. The monoisotopic (exact) mass is 286 g/mol. The van der Waals surface area contributed by atoms with Gasteiger partial charge in [0.2, 0.25) is 0 Å². The van der Waals surface area contributed by atoms with Gasteiger partial charge in [0.15, 0.2) is 0 Å². The fourth-order valence-corrected chi connectivity index (χ4v) is 2.50. The van der Waals surface area contributed by atoms with Crippen LogP contribution in [0.15, 0.2) is 24.4 Å². The molecular formula is C15H14N2O2S. The number of anilines is 1. The highest BCUT2D eigenvalue weighted by atomic mass is 32.1. The van der Waals surface area contributed by atoms with E-state index in [9.17, 15) is 4.79 Å². The summed E-state index contributed by atoms with van der Waals surface area (Å²) in [7, 11) is 0. The maximum absolute atomic E-state index is 12.1. The number of nitrogens with one attached hydrogen (secondary N) is 1. The average Bonchev–Trinajstić information content (AvgIpc) is 2.80. The van der Waals surface area contributed by atoms with E-state index in [-0.39, 0.29) is 12.5 Å². The summed E-state index contributed by atoms with van der Waals surface area (Å²) < 4.78 is 0. The molecule has 0 bridgehead atoms. The Morgan fingerprint density at radius 3 is 2.90 bits per heavy atom. The number of pyridine rings is 1. The summed E-state index contributed by atoms with van der Waals surface area (Å²) in [6.45, 7) is 3.64. The van der Waals surface area contributed by atoms with Crippen molar-refractivity contribution in [1.82, 2.24) is 4.98 Å². The number of hydrogen-bond donors (Lipinski definition) is 2. The molecule has 2 aromatic rings. The van der Waals surface area contributed by atoms with Crippen LogP contribution in [0.1, 0.15) is 25.7 Å². The quantitative estimate of drug-likeness (QED) is 0.833. The summed E-state index contributed by atoms with van der Waals surface area (Å²) in [5, 5.41) is 11.4. The zero-order valence-electron chi connectivity index (χ0n) is 11.2. The molecule has 0 radical (unpaired) electrons. The normalized spacial score (nSPS) is 9.75. The molecule has 2 rings (SSSR count). The fraction of sp³-hybridized carbons (Fsp3) is 0.200. The summed E-state index contributed by atoms with van der Waals surface area (Å²) >= 11 is 1.31. The van der Waals surface area contributed by atoms with E-state index in [4.69, 9.17) is 5.11 Å². The number of amides is 1. The van der Waals surface area contributed by atoms with Crippen molar-refractivity contribution in [2.45, 2.75) is 13.8 Å². The molecule has 0 atom stereocenters. The second-order valence-electron chi connectivity index (χ2n) is 4.26. The van der Waals surface area contributed by atoms with Crippen molar-refractivity contribution >= 4 is 23.1 Å². The lowest BCUT2D eigenvalue weighted by Gasteiger charge is -2.02. The molecule has 0 aliphatic heterocycles. The Balaban J connectivity index is 2.15. The number of rotatable bonds is 2. The Morgan fingerprint density at radius 1 is 1.45 bits per heavy atom. The van der Waals surface area contributed by atoms with Gasteiger partial charge in [0.05, 0.1) is 9.75 Å². The Hall–Kier alpha value is -2.16. The van der Waals surface area contributed by atoms with Crippen LogP contribution in [0.3, 0.4) is 0 Å². The summed E-state index contributed by atoms with van der Waals surface area (Å²) in [6.07, 6.45) is 1.70. The van der Waals surface area contributed by atoms with E-state index in [1.54, 1.807) is 18.3 Å². The van der Waals surface area contributed by atoms with Gasteiger partial charge >= 0.3 is 0 Å². The minimum atomic E-state index is -0.202. The molecule has 0 unspecified atom stereocenters. The second-order valence-corrected chi connectivity index (χ2v) is 5.31. The SMILES string of the molecule is Cc1ccc(NC(=O)c2cc(C)c(C#CCO)s2)nc1. The first-order valence-corrected chi connectivity index (χ1v) is 6.86. The van der Waals surface area contributed by atoms with Crippen LogP contribution in [0, 0.1) is 25.7 Å². The molecule has 0 aromatic carbocycles. The Kier molecular flexibility index (Phi) is 4.51. The highest BCUT2D eigenvalue weighted by molar-refractivity contribution is 7.14. The molecule has 0 aliphatic carbocycles. The molecular weight excluding hydrogens is 272 g/mol. The van der Waals surface area contributed by atoms with Gasteiger partial charge < -0.3 is 10.4 Å². The molecule has 0 fully saturated rings. The van der Waals surface area contributed by atoms with Crippen molar-refractivity contribution in [3.8, 4) is 11.8 Å². The standard InChI is InChI=1S/C15H14N2O2S/c1-10-5-6-14(16-9-10)17-15(19)13-8-11(2)12(20-13)4-3-7-18/h5-6,8-9,18H,7H2,1-2H3,(H,16,17,19). The molecule has 2 N–H and O–H groups in total. The van der Waals surface area contributed by atoms with E-state index in [0.29, 0.717) is 10.7 Å². The number of carbonyl (C=O) groups is 1. The van der Waals surface area contributed by atoms with Crippen molar-refractivity contribution in [1.29, 1.82) is 0 Å². The maximum Gasteiger partial charge on any atom is 0.266 e. The second kappa shape index (κ2) is 6.33. The molecule has 4 nitrogen and oxygen atoms in total. The van der Waals surface area contributed by atoms with Gasteiger partial charge in [-0.15, -0.1) is 11.3 Å². The van der Waals surface area contributed by atoms with Gasteiger partial charge in [-0.1, -0.05) is 17.9 Å². The van der Waals surface area contributed by atoms with Crippen molar-refractivity contribution < 1.29 is 9.90 Å². The largest absolute Gasteiger partial charge is 0.384 e. The molecule has 1 amide bonds. The number of aryl methyl sites for hydroxylation is 2. The van der Waals surface area contributed by atoms with E-state index in [2.05, 4.69) is 22.1 Å². The molecule has 2 aromatic heterocycles. The topological polar surface area (TPSA) is 62.2 Å². The molecule has 0 saturated carbocycles. The number of hydrogen-bond acceptors (Lipinski definition) is 4. The first kappa shape index (κ1) is 14.3. The summed E-state index contributed by atoms with van der Waals surface area (Å²) in [4.78, 5) is 17.6. The smallest absolute Gasteiger partial charge is 0.266 e. The van der Waals surface area contributed by atoms with Gasteiger partial charge in [-0.2, -0.15) is 0 Å². The molecule has 2 heterocycles. The van der Waals surface area contributed by atoms with Crippen molar-refractivity contribution in [3.63, 3.8) is 0 Å². The lowest BCUT2D eigenvalue weighted by Crippen LogP contribution is -2.11. The van der Waals surface area contributed by atoms with Crippen LogP contribution in [0.4, 0.5) is 5.82 Å². The summed E-state index contributed by atoms with van der Waals surface area (Å²) in [5.41, 5.74) is 1.97. The van der Waals surface area contributed by atoms with Crippen LogP contribution >= 0.6 is 11.3 Å². The zero-order valence-corrected chi connectivity index (χ0v) is 12.0. The number of aliphatic hydroxyl groups is 1. The highest BCUT2D eigenvalue weighted by Gasteiger charge is 2.12. The highest BCUT2D eigenvalue weighted by Crippen LogP contribution is 2.21. The van der Waals surface area contributed by atoms with Crippen LogP contribution in [-0.2, 0) is 0 Å². The Labute approximate surface area is 121 Å². The van der Waals surface area contributed by atoms with Crippen LogP contribution < -0.4 is 5.32 Å². The number of carbonyl (C=O) groups excluding carboxylic acids is 1. The van der Waals surface area contributed by atoms with Crippen LogP contribution in [0.2, 0.25) is 0 Å². The number of aromatic nitrogens is 1. The van der Waals surface area contributed by atoms with Crippen LogP contribution in [-0.4, -0.2) is 22.6 Å². The number of nitrogens with zero attached hydrogens (tertiary/aromatic N) is 1. The summed E-state index contributed by atoms with van der Waals surface area (Å²) in [5.74, 6) is 5.74. The van der Waals surface area contributed by atoms with Gasteiger partial charge in [-0.3, -0.25) is 4.79 Å². The molecule has 5 heteroatoms. The van der Waals surface area contributed by atoms with E-state index >= 15 is 0 Å². The molecule has 0 spiro atoms. The van der Waals surface area contributed by atoms with E-state index in [1.165, 1.54) is 11.3 Å². The molecule has 0 saturated heterocycles. The Bertz CT molecular complexity index is 678. The van der Waals surface area contributed by atoms with Gasteiger partial charge in [-0.05, 0) is 37.1 Å². The lowest BCUT2D eigenvalue weighted by atomic mass is 10.2. The van der Waals surface area contributed by atoms with Crippen molar-refractivity contribution in [2.24, 2.45) is 0 Å². The third-order valence-electron chi connectivity index (χ3n) is 2.58. The van der Waals surface area contributed by atoms with E-state index in [1.807, 2.05) is 19.9 Å². The van der Waals surface area contributed by atoms with Crippen LogP contribution in [0.25, 0.3) is 0 Å². The van der Waals surface area contributed by atoms with Gasteiger partial charge in [0.25, 0.3) is 5.91 Å². The maximum atomic E-state index is 12.1. The summed E-state index contributed by atoms with van der Waals surface area (Å²) in [6, 6.07) is 5.44. The third-order valence-corrected chi connectivity index (χ3v) is 3.73. The first-order valence-electron chi connectivity index (χ1n) is 6.04. The first-order chi connectivity index (χ1) is 9.60. The van der Waals surface area contributed by atoms with E-state index < -0.39 is 0 Å². The van der Waals surface area contributed by atoms with Gasteiger partial charge in [0, 0.05) is 6.20 Å². The average molecular weight is 286 g/mol. The Morgan fingerprint density at radius 2 is 2.25 bits per heavy atom.